The summed E-state index contributed by atoms with van der Waals surface area (Å²) in [7, 11) is 0. The first-order valence-electron chi connectivity index (χ1n) is 16.6. The van der Waals surface area contributed by atoms with Gasteiger partial charge in [-0.25, -0.2) is 15.0 Å². The SMILES string of the molecule is c1ccc(-c2ccc(-c3cccc4c3sc3c(-c5nc(-c6ccccc6)nc(-c6cccc7c6oc6ccccc67)n5)cccc34)cc2)cc1. The Morgan fingerprint density at radius 1 is 0.340 bits per heavy atom. The van der Waals surface area contributed by atoms with Crippen molar-refractivity contribution in [3.63, 3.8) is 0 Å². The number of hydrogen-bond acceptors (Lipinski definition) is 5. The van der Waals surface area contributed by atoms with Crippen molar-refractivity contribution in [2.45, 2.75) is 0 Å². The number of benzene rings is 7. The standard InChI is InChI=1S/C45H27N3OS/c1-3-12-28(13-4-1)29-24-26-30(27-25-29)32-17-9-19-35-36-20-11-22-38(42(36)50-41(32)35)45-47-43(31-14-5-2-6-15-31)46-44(48-45)37-21-10-18-34-33-16-7-8-23-39(33)49-40(34)37/h1-27H. The lowest BCUT2D eigenvalue weighted by Gasteiger charge is -2.09. The van der Waals surface area contributed by atoms with Gasteiger partial charge in [0, 0.05) is 42.1 Å². The molecule has 0 radical (unpaired) electrons. The first kappa shape index (κ1) is 28.6. The number of rotatable bonds is 5. The van der Waals surface area contributed by atoms with Gasteiger partial charge in [0.05, 0.1) is 5.56 Å². The summed E-state index contributed by atoms with van der Waals surface area (Å²) in [6.07, 6.45) is 0. The molecule has 0 saturated heterocycles. The van der Waals surface area contributed by atoms with Crippen molar-refractivity contribution in [1.29, 1.82) is 0 Å². The van der Waals surface area contributed by atoms with Crippen LogP contribution in [-0.4, -0.2) is 15.0 Å². The van der Waals surface area contributed by atoms with Gasteiger partial charge in [-0.15, -0.1) is 11.3 Å². The van der Waals surface area contributed by atoms with E-state index in [2.05, 4.69) is 103 Å². The molecular formula is C45H27N3OS. The molecule has 0 aliphatic carbocycles. The maximum Gasteiger partial charge on any atom is 0.167 e. The summed E-state index contributed by atoms with van der Waals surface area (Å²) in [4.78, 5) is 15.3. The van der Waals surface area contributed by atoms with Crippen LogP contribution in [0.5, 0.6) is 0 Å². The highest BCUT2D eigenvalue weighted by Gasteiger charge is 2.20. The van der Waals surface area contributed by atoms with Gasteiger partial charge in [-0.1, -0.05) is 146 Å². The zero-order valence-electron chi connectivity index (χ0n) is 26.7. The van der Waals surface area contributed by atoms with Crippen LogP contribution in [0.25, 0.3) is 98.5 Å². The Morgan fingerprint density at radius 2 is 0.840 bits per heavy atom. The summed E-state index contributed by atoms with van der Waals surface area (Å²) in [5.74, 6) is 1.83. The van der Waals surface area contributed by atoms with E-state index < -0.39 is 0 Å². The Kier molecular flexibility index (Phi) is 6.64. The van der Waals surface area contributed by atoms with Crippen LogP contribution in [0.1, 0.15) is 0 Å². The number of para-hydroxylation sites is 2. The van der Waals surface area contributed by atoms with E-state index in [-0.39, 0.29) is 0 Å². The monoisotopic (exact) mass is 657 g/mol. The molecule has 0 saturated carbocycles. The number of thiophene rings is 1. The van der Waals surface area contributed by atoms with Crippen LogP contribution in [0.2, 0.25) is 0 Å². The van der Waals surface area contributed by atoms with E-state index in [9.17, 15) is 0 Å². The molecule has 0 spiro atoms. The lowest BCUT2D eigenvalue weighted by molar-refractivity contribution is 0.669. The lowest BCUT2D eigenvalue weighted by atomic mass is 9.99. The van der Waals surface area contributed by atoms with Crippen LogP contribution in [-0.2, 0) is 0 Å². The van der Waals surface area contributed by atoms with Crippen molar-refractivity contribution in [1.82, 2.24) is 15.0 Å². The minimum Gasteiger partial charge on any atom is -0.455 e. The van der Waals surface area contributed by atoms with Gasteiger partial charge in [-0.3, -0.25) is 0 Å². The van der Waals surface area contributed by atoms with Crippen molar-refractivity contribution in [3.05, 3.63) is 164 Å². The zero-order valence-corrected chi connectivity index (χ0v) is 27.6. The average Bonchev–Trinajstić information content (AvgIpc) is 3.77. The Bertz CT molecular complexity index is 2860. The van der Waals surface area contributed by atoms with Crippen LogP contribution in [0.15, 0.2) is 168 Å². The maximum atomic E-state index is 6.43. The molecule has 0 atom stereocenters. The summed E-state index contributed by atoms with van der Waals surface area (Å²) in [6.45, 7) is 0. The van der Waals surface area contributed by atoms with E-state index >= 15 is 0 Å². The fraction of sp³-hybridized carbons (Fsp3) is 0. The van der Waals surface area contributed by atoms with Gasteiger partial charge in [0.1, 0.15) is 11.2 Å². The molecule has 0 N–H and O–H groups in total. The van der Waals surface area contributed by atoms with E-state index in [1.807, 2.05) is 60.7 Å². The number of hydrogen-bond donors (Lipinski definition) is 0. The second-order valence-corrected chi connectivity index (χ2v) is 13.4. The molecule has 50 heavy (non-hydrogen) atoms. The molecule has 0 aliphatic heterocycles. The summed E-state index contributed by atoms with van der Waals surface area (Å²) < 4.78 is 8.82. The Labute approximate surface area is 292 Å². The molecule has 10 rings (SSSR count). The average molecular weight is 658 g/mol. The Hall–Kier alpha value is -6.43. The molecule has 4 nitrogen and oxygen atoms in total. The van der Waals surface area contributed by atoms with E-state index in [1.54, 1.807) is 11.3 Å². The molecule has 0 fully saturated rings. The molecule has 0 bridgehead atoms. The molecule has 234 valence electrons. The normalized spacial score (nSPS) is 11.6. The number of fused-ring (bicyclic) bond motifs is 6. The second-order valence-electron chi connectivity index (χ2n) is 12.4. The highest BCUT2D eigenvalue weighted by atomic mass is 32.1. The van der Waals surface area contributed by atoms with Gasteiger partial charge in [-0.2, -0.15) is 0 Å². The van der Waals surface area contributed by atoms with Crippen LogP contribution in [0.4, 0.5) is 0 Å². The van der Waals surface area contributed by atoms with Crippen molar-refractivity contribution in [2.75, 3.05) is 0 Å². The molecule has 5 heteroatoms. The number of aromatic nitrogens is 3. The predicted molar refractivity (Wildman–Crippen MR) is 207 cm³/mol. The van der Waals surface area contributed by atoms with Crippen LogP contribution < -0.4 is 0 Å². The Balaban J connectivity index is 1.16. The minimum atomic E-state index is 0.579. The molecular weight excluding hydrogens is 631 g/mol. The topological polar surface area (TPSA) is 51.8 Å². The summed E-state index contributed by atoms with van der Waals surface area (Å²) in [5.41, 5.74) is 9.18. The second kappa shape index (κ2) is 11.6. The molecule has 7 aromatic carbocycles. The van der Waals surface area contributed by atoms with Crippen LogP contribution in [0.3, 0.4) is 0 Å². The third kappa shape index (κ3) is 4.71. The van der Waals surface area contributed by atoms with Gasteiger partial charge in [0.25, 0.3) is 0 Å². The van der Waals surface area contributed by atoms with Gasteiger partial charge < -0.3 is 4.42 Å². The van der Waals surface area contributed by atoms with E-state index in [0.29, 0.717) is 17.5 Å². The molecule has 10 aromatic rings. The zero-order chi connectivity index (χ0) is 33.0. The van der Waals surface area contributed by atoms with E-state index in [0.717, 1.165) is 43.3 Å². The molecule has 3 aromatic heterocycles. The smallest absolute Gasteiger partial charge is 0.167 e. The fourth-order valence-electron chi connectivity index (χ4n) is 6.95. The van der Waals surface area contributed by atoms with Crippen molar-refractivity contribution in [3.8, 4) is 56.4 Å². The summed E-state index contributed by atoms with van der Waals surface area (Å²) in [5, 5.41) is 4.52. The van der Waals surface area contributed by atoms with Crippen molar-refractivity contribution >= 4 is 53.4 Å². The first-order chi connectivity index (χ1) is 24.8. The molecule has 0 aliphatic rings. The van der Waals surface area contributed by atoms with Gasteiger partial charge in [0.15, 0.2) is 17.5 Å². The maximum absolute atomic E-state index is 6.43. The van der Waals surface area contributed by atoms with Crippen LogP contribution >= 0.6 is 11.3 Å². The van der Waals surface area contributed by atoms with Crippen LogP contribution in [0, 0.1) is 0 Å². The van der Waals surface area contributed by atoms with Gasteiger partial charge in [-0.05, 0) is 40.5 Å². The summed E-state index contributed by atoms with van der Waals surface area (Å²) in [6, 6.07) is 56.8. The fourth-order valence-corrected chi connectivity index (χ4v) is 8.30. The third-order valence-electron chi connectivity index (χ3n) is 9.38. The highest BCUT2D eigenvalue weighted by molar-refractivity contribution is 7.26. The van der Waals surface area contributed by atoms with Crippen molar-refractivity contribution in [2.24, 2.45) is 0 Å². The largest absolute Gasteiger partial charge is 0.455 e. The van der Waals surface area contributed by atoms with Gasteiger partial charge in [0.2, 0.25) is 0 Å². The number of nitrogens with zero attached hydrogens (tertiary/aromatic N) is 3. The lowest BCUT2D eigenvalue weighted by Crippen LogP contribution is -2.00. The highest BCUT2D eigenvalue weighted by Crippen LogP contribution is 2.44. The van der Waals surface area contributed by atoms with E-state index in [4.69, 9.17) is 19.4 Å². The quantitative estimate of drug-likeness (QED) is 0.185. The molecule has 3 heterocycles. The Morgan fingerprint density at radius 3 is 1.58 bits per heavy atom. The van der Waals surface area contributed by atoms with Crippen molar-refractivity contribution < 1.29 is 4.42 Å². The third-order valence-corrected chi connectivity index (χ3v) is 10.7. The molecule has 0 amide bonds. The van der Waals surface area contributed by atoms with Gasteiger partial charge >= 0.3 is 0 Å². The minimum absolute atomic E-state index is 0.579. The van der Waals surface area contributed by atoms with E-state index in [1.165, 1.54) is 37.7 Å². The first-order valence-corrected chi connectivity index (χ1v) is 17.4. The summed E-state index contributed by atoms with van der Waals surface area (Å²) >= 11 is 1.80. The number of furan rings is 1. The predicted octanol–water partition coefficient (Wildman–Crippen LogP) is 12.5. The molecule has 0 unspecified atom stereocenters.